The van der Waals surface area contributed by atoms with E-state index in [9.17, 15) is 17.2 Å². The van der Waals surface area contributed by atoms with Gasteiger partial charge < -0.3 is 4.40 Å². The van der Waals surface area contributed by atoms with Gasteiger partial charge in [-0.3, -0.25) is 4.72 Å². The summed E-state index contributed by atoms with van der Waals surface area (Å²) in [6.45, 7) is 0. The second-order valence-electron chi connectivity index (χ2n) is 6.27. The van der Waals surface area contributed by atoms with E-state index in [1.165, 1.54) is 0 Å². The van der Waals surface area contributed by atoms with Crippen LogP contribution in [-0.4, -0.2) is 17.8 Å². The molecule has 28 heavy (non-hydrogen) atoms. The molecule has 0 saturated carbocycles. The number of pyridine rings is 1. The number of sulfonamides is 1. The van der Waals surface area contributed by atoms with Gasteiger partial charge in [-0.25, -0.2) is 22.2 Å². The zero-order valence-corrected chi connectivity index (χ0v) is 15.3. The molecule has 0 atom stereocenters. The maximum atomic E-state index is 13.8. The molecule has 0 amide bonds. The summed E-state index contributed by atoms with van der Waals surface area (Å²) in [4.78, 5) is 4.50. The Bertz CT molecular complexity index is 1240. The van der Waals surface area contributed by atoms with Gasteiger partial charge in [0.25, 0.3) is 0 Å². The van der Waals surface area contributed by atoms with Crippen LogP contribution in [0.3, 0.4) is 0 Å². The van der Waals surface area contributed by atoms with Crippen LogP contribution in [0.4, 0.5) is 14.5 Å². The molecule has 0 bridgehead atoms. The van der Waals surface area contributed by atoms with Crippen molar-refractivity contribution in [1.29, 1.82) is 0 Å². The Morgan fingerprint density at radius 2 is 1.86 bits per heavy atom. The molecule has 1 N–H and O–H groups in total. The molecule has 2 aromatic heterocycles. The van der Waals surface area contributed by atoms with Gasteiger partial charge in [0.05, 0.1) is 11.4 Å². The monoisotopic (exact) mass is 399 g/mol. The van der Waals surface area contributed by atoms with Crippen molar-refractivity contribution in [3.63, 3.8) is 0 Å². The molecule has 4 rings (SSSR count). The summed E-state index contributed by atoms with van der Waals surface area (Å²) in [5, 5.41) is 0. The molecular formula is C20H15F2N3O2S. The van der Waals surface area contributed by atoms with Gasteiger partial charge in [-0.1, -0.05) is 18.2 Å². The largest absolute Gasteiger partial charge is 0.306 e. The predicted molar refractivity (Wildman–Crippen MR) is 103 cm³/mol. The van der Waals surface area contributed by atoms with Gasteiger partial charge in [-0.2, -0.15) is 0 Å². The van der Waals surface area contributed by atoms with Gasteiger partial charge in [-0.05, 0) is 42.5 Å². The summed E-state index contributed by atoms with van der Waals surface area (Å²) in [6.07, 6.45) is 3.71. The molecule has 0 unspecified atom stereocenters. The molecule has 4 aromatic rings. The van der Waals surface area contributed by atoms with E-state index in [1.54, 1.807) is 18.2 Å². The SMILES string of the molecule is O=S(=O)(Cc1cc(F)ccc1F)Nc1cccc(-c2cn3ccccc3n2)c1. The number of imidazole rings is 1. The van der Waals surface area contributed by atoms with Crippen LogP contribution in [0.1, 0.15) is 5.56 Å². The summed E-state index contributed by atoms with van der Waals surface area (Å²) in [6, 6.07) is 15.1. The van der Waals surface area contributed by atoms with E-state index in [1.807, 2.05) is 41.1 Å². The van der Waals surface area contributed by atoms with E-state index in [-0.39, 0.29) is 5.56 Å². The number of anilines is 1. The summed E-state index contributed by atoms with van der Waals surface area (Å²) in [5.41, 5.74) is 2.25. The zero-order chi connectivity index (χ0) is 19.7. The van der Waals surface area contributed by atoms with Crippen LogP contribution in [0.15, 0.2) is 73.1 Å². The summed E-state index contributed by atoms with van der Waals surface area (Å²) >= 11 is 0. The topological polar surface area (TPSA) is 63.5 Å². The lowest BCUT2D eigenvalue weighted by Crippen LogP contribution is -2.16. The van der Waals surface area contributed by atoms with Crippen molar-refractivity contribution in [2.45, 2.75) is 5.75 Å². The van der Waals surface area contributed by atoms with E-state index >= 15 is 0 Å². The number of nitrogens with one attached hydrogen (secondary N) is 1. The van der Waals surface area contributed by atoms with Gasteiger partial charge in [0, 0.05) is 29.2 Å². The number of aromatic nitrogens is 2. The Kier molecular flexibility index (Phi) is 4.56. The highest BCUT2D eigenvalue weighted by atomic mass is 32.2. The van der Waals surface area contributed by atoms with E-state index in [2.05, 4.69) is 9.71 Å². The van der Waals surface area contributed by atoms with Crippen molar-refractivity contribution in [2.75, 3.05) is 4.72 Å². The Labute approximate surface area is 160 Å². The van der Waals surface area contributed by atoms with Crippen LogP contribution in [-0.2, 0) is 15.8 Å². The van der Waals surface area contributed by atoms with Gasteiger partial charge in [-0.15, -0.1) is 0 Å². The fourth-order valence-electron chi connectivity index (χ4n) is 2.89. The zero-order valence-electron chi connectivity index (χ0n) is 14.5. The minimum atomic E-state index is -3.93. The van der Waals surface area contributed by atoms with Crippen LogP contribution in [0.25, 0.3) is 16.9 Å². The third kappa shape index (κ3) is 3.86. The van der Waals surface area contributed by atoms with Crippen molar-refractivity contribution >= 4 is 21.4 Å². The van der Waals surface area contributed by atoms with Crippen molar-refractivity contribution in [3.8, 4) is 11.3 Å². The number of hydrogen-bond donors (Lipinski definition) is 1. The lowest BCUT2D eigenvalue weighted by molar-refractivity contribution is 0.581. The summed E-state index contributed by atoms with van der Waals surface area (Å²) in [5.74, 6) is -2.14. The second-order valence-corrected chi connectivity index (χ2v) is 7.99. The highest BCUT2D eigenvalue weighted by molar-refractivity contribution is 7.91. The molecule has 0 fully saturated rings. The van der Waals surface area contributed by atoms with E-state index in [4.69, 9.17) is 0 Å². The Morgan fingerprint density at radius 1 is 1.00 bits per heavy atom. The van der Waals surface area contributed by atoms with Crippen LogP contribution < -0.4 is 4.72 Å². The first-order valence-electron chi connectivity index (χ1n) is 8.38. The van der Waals surface area contributed by atoms with Crippen molar-refractivity contribution in [2.24, 2.45) is 0 Å². The number of halogens is 2. The first kappa shape index (κ1) is 18.1. The molecule has 2 aromatic carbocycles. The summed E-state index contributed by atoms with van der Waals surface area (Å²) in [7, 11) is -3.93. The molecule has 0 aliphatic heterocycles. The van der Waals surface area contributed by atoms with Crippen LogP contribution in [0, 0.1) is 11.6 Å². The first-order chi connectivity index (χ1) is 13.4. The van der Waals surface area contributed by atoms with E-state index in [0.717, 1.165) is 29.4 Å². The minimum Gasteiger partial charge on any atom is -0.306 e. The normalized spacial score (nSPS) is 11.6. The number of rotatable bonds is 5. The fraction of sp³-hybridized carbons (Fsp3) is 0.0500. The third-order valence-corrected chi connectivity index (χ3v) is 5.39. The Hall–Kier alpha value is -3.26. The molecule has 8 heteroatoms. The second kappa shape index (κ2) is 7.05. The molecule has 0 radical (unpaired) electrons. The molecule has 0 aliphatic carbocycles. The van der Waals surface area contributed by atoms with Crippen LogP contribution >= 0.6 is 0 Å². The summed E-state index contributed by atoms with van der Waals surface area (Å²) < 4.78 is 56.1. The fourth-order valence-corrected chi connectivity index (χ4v) is 4.08. The average Bonchev–Trinajstić information content (AvgIpc) is 3.08. The van der Waals surface area contributed by atoms with Crippen molar-refractivity contribution < 1.29 is 17.2 Å². The predicted octanol–water partition coefficient (Wildman–Crippen LogP) is 4.22. The number of hydrogen-bond acceptors (Lipinski definition) is 3. The molecule has 0 spiro atoms. The molecule has 0 aliphatic rings. The minimum absolute atomic E-state index is 0.232. The molecule has 0 saturated heterocycles. The van der Waals surface area contributed by atoms with Crippen LogP contribution in [0.2, 0.25) is 0 Å². The lowest BCUT2D eigenvalue weighted by Gasteiger charge is -2.10. The maximum absolute atomic E-state index is 13.8. The van der Waals surface area contributed by atoms with Crippen molar-refractivity contribution in [1.82, 2.24) is 9.38 Å². The lowest BCUT2D eigenvalue weighted by atomic mass is 10.1. The molecule has 142 valence electrons. The Morgan fingerprint density at radius 3 is 2.68 bits per heavy atom. The average molecular weight is 399 g/mol. The van der Waals surface area contributed by atoms with Crippen molar-refractivity contribution in [3.05, 3.63) is 90.3 Å². The smallest absolute Gasteiger partial charge is 0.237 e. The molecular weight excluding hydrogens is 384 g/mol. The van der Waals surface area contributed by atoms with Gasteiger partial charge in [0.1, 0.15) is 17.3 Å². The van der Waals surface area contributed by atoms with E-state index < -0.39 is 27.4 Å². The first-order valence-corrected chi connectivity index (χ1v) is 10.0. The quantitative estimate of drug-likeness (QED) is 0.547. The molecule has 5 nitrogen and oxygen atoms in total. The highest BCUT2D eigenvalue weighted by Crippen LogP contribution is 2.24. The highest BCUT2D eigenvalue weighted by Gasteiger charge is 2.16. The number of nitrogens with zero attached hydrogens (tertiary/aromatic N) is 2. The van der Waals surface area contributed by atoms with E-state index in [0.29, 0.717) is 11.4 Å². The van der Waals surface area contributed by atoms with Crippen LogP contribution in [0.5, 0.6) is 0 Å². The third-order valence-electron chi connectivity index (χ3n) is 4.15. The maximum Gasteiger partial charge on any atom is 0.237 e. The molecule has 2 heterocycles. The Balaban J connectivity index is 1.59. The standard InChI is InChI=1S/C20H15F2N3O2S/c21-16-7-8-18(22)15(10-16)13-28(26,27)24-17-5-3-4-14(11-17)19-12-25-9-2-1-6-20(25)23-19/h1-12,24H,13H2. The van der Waals surface area contributed by atoms with Gasteiger partial charge in [0.2, 0.25) is 10.0 Å². The van der Waals surface area contributed by atoms with Gasteiger partial charge in [0.15, 0.2) is 0 Å². The number of fused-ring (bicyclic) bond motifs is 1. The number of benzene rings is 2. The van der Waals surface area contributed by atoms with Gasteiger partial charge >= 0.3 is 0 Å².